The number of carbonyl (C=O) groups is 1. The molecule has 1 unspecified atom stereocenters. The van der Waals surface area contributed by atoms with E-state index in [-0.39, 0.29) is 17.5 Å². The molecule has 1 aromatic heterocycles. The minimum absolute atomic E-state index is 0.114. The second-order valence-electron chi connectivity index (χ2n) is 8.55. The Morgan fingerprint density at radius 1 is 0.889 bits per heavy atom. The highest BCUT2D eigenvalue weighted by atomic mass is 16.5. The Morgan fingerprint density at radius 2 is 1.42 bits per heavy atom. The zero-order valence-electron chi connectivity index (χ0n) is 21.9. The second kappa shape index (κ2) is 12.8. The Kier molecular flexibility index (Phi) is 9.50. The molecule has 3 aromatic rings. The zero-order chi connectivity index (χ0) is 26.1. The fourth-order valence-corrected chi connectivity index (χ4v) is 3.85. The first-order chi connectivity index (χ1) is 17.4. The monoisotopic (exact) mass is 493 g/mol. The summed E-state index contributed by atoms with van der Waals surface area (Å²) in [4.78, 5) is 24.0. The summed E-state index contributed by atoms with van der Waals surface area (Å²) in [6.07, 6.45) is 1.67. The van der Waals surface area contributed by atoms with Gasteiger partial charge in [-0.05, 0) is 55.7 Å². The molecular formula is C28H35N3O5. The van der Waals surface area contributed by atoms with Gasteiger partial charge in [0.15, 0.2) is 0 Å². The lowest BCUT2D eigenvalue weighted by Gasteiger charge is -2.25. The lowest BCUT2D eigenvalue weighted by atomic mass is 10.1. The average Bonchev–Trinajstić information content (AvgIpc) is 2.88. The summed E-state index contributed by atoms with van der Waals surface area (Å²) in [7, 11) is 4.63. The quantitative estimate of drug-likeness (QED) is 0.312. The fraction of sp³-hybridized carbons (Fsp3) is 0.393. The minimum atomic E-state index is -0.519. The summed E-state index contributed by atoms with van der Waals surface area (Å²) >= 11 is 0. The Balaban J connectivity index is 2.03. The summed E-state index contributed by atoms with van der Waals surface area (Å²) < 4.78 is 21.7. The first-order valence-corrected chi connectivity index (χ1v) is 12.0. The summed E-state index contributed by atoms with van der Waals surface area (Å²) in [5.74, 6) is 1.76. The second-order valence-corrected chi connectivity index (χ2v) is 8.55. The highest BCUT2D eigenvalue weighted by molar-refractivity contribution is 5.93. The van der Waals surface area contributed by atoms with Gasteiger partial charge in [0, 0.05) is 13.1 Å². The fourth-order valence-electron chi connectivity index (χ4n) is 3.85. The van der Waals surface area contributed by atoms with Gasteiger partial charge in [0.05, 0.1) is 33.1 Å². The predicted octanol–water partition coefficient (Wildman–Crippen LogP) is 5.36. The number of nitrogens with zero attached hydrogens (tertiary/aromatic N) is 3. The molecule has 1 heterocycles. The van der Waals surface area contributed by atoms with Crippen LogP contribution in [0.3, 0.4) is 0 Å². The zero-order valence-corrected chi connectivity index (χ0v) is 21.9. The van der Waals surface area contributed by atoms with Gasteiger partial charge in [0.1, 0.15) is 17.1 Å². The number of ether oxygens (including phenoxy) is 4. The van der Waals surface area contributed by atoms with E-state index in [9.17, 15) is 4.79 Å². The number of rotatable bonds is 12. The number of benzene rings is 2. The number of aryl methyl sites for hydroxylation is 1. The van der Waals surface area contributed by atoms with E-state index in [1.54, 1.807) is 21.1 Å². The number of hydrogen-bond donors (Lipinski definition) is 0. The molecule has 192 valence electrons. The average molecular weight is 494 g/mol. The van der Waals surface area contributed by atoms with Crippen LogP contribution >= 0.6 is 0 Å². The number of methoxy groups -OCH3 is 3. The van der Waals surface area contributed by atoms with Gasteiger partial charge in [-0.2, -0.15) is 4.98 Å². The summed E-state index contributed by atoms with van der Waals surface area (Å²) in [6, 6.07) is 15.7. The van der Waals surface area contributed by atoms with E-state index in [0.29, 0.717) is 24.7 Å². The standard InChI is InChI=1S/C28H35N3O5/c1-7-8-19(2)36-26-25(27(32)35-6)20(3)29-28(30-26)31(17-21-9-13-23(33-4)14-10-21)18-22-11-15-24(34-5)16-12-22/h9-16,19H,7-8,17-18H2,1-6H3. The molecule has 0 saturated heterocycles. The number of carbonyl (C=O) groups excluding carboxylic acids is 1. The number of aromatic nitrogens is 2. The molecule has 0 saturated carbocycles. The molecule has 8 heteroatoms. The van der Waals surface area contributed by atoms with Gasteiger partial charge in [0.2, 0.25) is 11.8 Å². The van der Waals surface area contributed by atoms with Crippen molar-refractivity contribution >= 4 is 11.9 Å². The van der Waals surface area contributed by atoms with Crippen LogP contribution in [0.5, 0.6) is 17.4 Å². The highest BCUT2D eigenvalue weighted by Gasteiger charge is 2.24. The van der Waals surface area contributed by atoms with Crippen LogP contribution in [-0.4, -0.2) is 43.4 Å². The highest BCUT2D eigenvalue weighted by Crippen LogP contribution is 2.27. The molecule has 0 aliphatic heterocycles. The van der Waals surface area contributed by atoms with Gasteiger partial charge in [-0.3, -0.25) is 0 Å². The molecular weight excluding hydrogens is 458 g/mol. The third-order valence-corrected chi connectivity index (χ3v) is 5.79. The van der Waals surface area contributed by atoms with Crippen molar-refractivity contribution in [1.82, 2.24) is 9.97 Å². The van der Waals surface area contributed by atoms with Crippen molar-refractivity contribution in [2.24, 2.45) is 0 Å². The molecule has 3 rings (SSSR count). The van der Waals surface area contributed by atoms with Gasteiger partial charge < -0.3 is 23.8 Å². The van der Waals surface area contributed by atoms with Gasteiger partial charge in [-0.25, -0.2) is 9.78 Å². The van der Waals surface area contributed by atoms with E-state index in [1.165, 1.54) is 7.11 Å². The Bertz CT molecular complexity index is 1080. The lowest BCUT2D eigenvalue weighted by molar-refractivity contribution is 0.0590. The molecule has 0 fully saturated rings. The maximum absolute atomic E-state index is 12.6. The number of esters is 1. The first kappa shape index (κ1) is 26.8. The molecule has 0 N–H and O–H groups in total. The normalized spacial score (nSPS) is 11.5. The molecule has 36 heavy (non-hydrogen) atoms. The van der Waals surface area contributed by atoms with E-state index < -0.39 is 5.97 Å². The molecule has 8 nitrogen and oxygen atoms in total. The first-order valence-electron chi connectivity index (χ1n) is 12.0. The summed E-state index contributed by atoms with van der Waals surface area (Å²) in [5, 5.41) is 0. The van der Waals surface area contributed by atoms with Crippen LogP contribution in [0.1, 0.15) is 53.9 Å². The predicted molar refractivity (Wildman–Crippen MR) is 139 cm³/mol. The van der Waals surface area contributed by atoms with Crippen LogP contribution in [0, 0.1) is 6.92 Å². The Labute approximate surface area is 213 Å². The molecule has 0 aliphatic carbocycles. The molecule has 0 spiro atoms. The number of hydrogen-bond acceptors (Lipinski definition) is 8. The van der Waals surface area contributed by atoms with Gasteiger partial charge >= 0.3 is 5.97 Å². The van der Waals surface area contributed by atoms with Crippen LogP contribution < -0.4 is 19.1 Å². The maximum atomic E-state index is 12.6. The molecule has 0 radical (unpaired) electrons. The van der Waals surface area contributed by atoms with Crippen LogP contribution in [0.2, 0.25) is 0 Å². The van der Waals surface area contributed by atoms with Gasteiger partial charge in [-0.15, -0.1) is 0 Å². The smallest absolute Gasteiger partial charge is 0.345 e. The van der Waals surface area contributed by atoms with Crippen molar-refractivity contribution < 1.29 is 23.7 Å². The van der Waals surface area contributed by atoms with Crippen molar-refractivity contribution in [2.45, 2.75) is 52.8 Å². The van der Waals surface area contributed by atoms with Crippen molar-refractivity contribution in [2.75, 3.05) is 26.2 Å². The van der Waals surface area contributed by atoms with Crippen molar-refractivity contribution in [3.63, 3.8) is 0 Å². The molecule has 0 aliphatic rings. The minimum Gasteiger partial charge on any atom is -0.497 e. The van der Waals surface area contributed by atoms with Crippen LogP contribution in [0.4, 0.5) is 5.95 Å². The van der Waals surface area contributed by atoms with Gasteiger partial charge in [0.25, 0.3) is 0 Å². The molecule has 2 aromatic carbocycles. The van der Waals surface area contributed by atoms with E-state index in [0.717, 1.165) is 35.5 Å². The summed E-state index contributed by atoms with van der Waals surface area (Å²) in [6.45, 7) is 6.90. The molecule has 1 atom stereocenters. The number of anilines is 1. The van der Waals surface area contributed by atoms with Crippen molar-refractivity contribution in [3.05, 3.63) is 70.9 Å². The van der Waals surface area contributed by atoms with E-state index in [2.05, 4.69) is 11.8 Å². The van der Waals surface area contributed by atoms with Crippen molar-refractivity contribution in [3.8, 4) is 17.4 Å². The maximum Gasteiger partial charge on any atom is 0.345 e. The van der Waals surface area contributed by atoms with Crippen molar-refractivity contribution in [1.29, 1.82) is 0 Å². The third kappa shape index (κ3) is 6.87. The van der Waals surface area contributed by atoms with Crippen LogP contribution in [-0.2, 0) is 17.8 Å². The Hall–Kier alpha value is -3.81. The van der Waals surface area contributed by atoms with E-state index >= 15 is 0 Å². The third-order valence-electron chi connectivity index (χ3n) is 5.79. The van der Waals surface area contributed by atoms with Gasteiger partial charge in [-0.1, -0.05) is 37.6 Å². The molecule has 0 amide bonds. The Morgan fingerprint density at radius 3 is 1.86 bits per heavy atom. The summed E-state index contributed by atoms with van der Waals surface area (Å²) in [5.41, 5.74) is 2.87. The topological polar surface area (TPSA) is 83.0 Å². The van der Waals surface area contributed by atoms with E-state index in [1.807, 2.05) is 55.5 Å². The lowest BCUT2D eigenvalue weighted by Crippen LogP contribution is -2.26. The molecule has 0 bridgehead atoms. The largest absolute Gasteiger partial charge is 0.497 e. The van der Waals surface area contributed by atoms with E-state index in [4.69, 9.17) is 28.9 Å². The van der Waals surface area contributed by atoms with Crippen LogP contribution in [0.15, 0.2) is 48.5 Å². The van der Waals surface area contributed by atoms with Crippen LogP contribution in [0.25, 0.3) is 0 Å². The SMILES string of the molecule is CCCC(C)Oc1nc(N(Cc2ccc(OC)cc2)Cc2ccc(OC)cc2)nc(C)c1C(=O)OC.